The summed E-state index contributed by atoms with van der Waals surface area (Å²) in [7, 11) is 0. The van der Waals surface area contributed by atoms with Crippen LogP contribution in [0.25, 0.3) is 0 Å². The monoisotopic (exact) mass is 560 g/mol. The summed E-state index contributed by atoms with van der Waals surface area (Å²) in [5, 5.41) is 2.20. The molecule has 0 aliphatic carbocycles. The van der Waals surface area contributed by atoms with Gasteiger partial charge in [0, 0.05) is 43.3 Å². The molecule has 2 unspecified atom stereocenters. The molecule has 2 aromatic rings. The average molecular weight is 561 g/mol. The Balaban J connectivity index is 1.25. The Morgan fingerprint density at radius 1 is 0.902 bits per heavy atom. The van der Waals surface area contributed by atoms with Crippen LogP contribution in [0, 0.1) is 0 Å². The molecule has 5 amide bonds. The van der Waals surface area contributed by atoms with Crippen molar-refractivity contribution in [2.45, 2.75) is 58.2 Å². The Bertz CT molecular complexity index is 1460. The number of esters is 1. The second kappa shape index (κ2) is 10.5. The van der Waals surface area contributed by atoms with Crippen LogP contribution in [0.15, 0.2) is 42.5 Å². The molecule has 11 nitrogen and oxygen atoms in total. The van der Waals surface area contributed by atoms with Gasteiger partial charge in [0.05, 0.1) is 16.7 Å². The van der Waals surface area contributed by atoms with Crippen molar-refractivity contribution in [3.63, 3.8) is 0 Å². The van der Waals surface area contributed by atoms with Gasteiger partial charge in [-0.2, -0.15) is 0 Å². The van der Waals surface area contributed by atoms with Crippen LogP contribution in [0.3, 0.4) is 0 Å². The van der Waals surface area contributed by atoms with E-state index in [1.807, 2.05) is 11.8 Å². The largest absolute Gasteiger partial charge is 0.456 e. The first kappa shape index (κ1) is 28.0. The minimum Gasteiger partial charge on any atom is -0.456 e. The number of hydrogen-bond donors (Lipinski definition) is 1. The van der Waals surface area contributed by atoms with E-state index >= 15 is 0 Å². The van der Waals surface area contributed by atoms with Crippen molar-refractivity contribution >= 4 is 41.2 Å². The number of piperidine rings is 1. The Hall–Kier alpha value is -4.54. The molecular weight excluding hydrogens is 528 g/mol. The molecule has 3 heterocycles. The molecule has 5 rings (SSSR count). The van der Waals surface area contributed by atoms with Gasteiger partial charge in [-0.05, 0) is 76.6 Å². The smallest absolute Gasteiger partial charge is 0.338 e. The number of fused-ring (bicyclic) bond motifs is 1. The van der Waals surface area contributed by atoms with E-state index in [-0.39, 0.29) is 35.9 Å². The summed E-state index contributed by atoms with van der Waals surface area (Å²) in [5.74, 6) is -2.78. The second-order valence-corrected chi connectivity index (χ2v) is 11.5. The third kappa shape index (κ3) is 5.44. The van der Waals surface area contributed by atoms with Crippen molar-refractivity contribution in [1.82, 2.24) is 15.1 Å². The number of piperazine rings is 1. The summed E-state index contributed by atoms with van der Waals surface area (Å²) in [6, 6.07) is 10.2. The normalized spacial score (nSPS) is 21.1. The topological polar surface area (TPSA) is 133 Å². The van der Waals surface area contributed by atoms with Gasteiger partial charge in [-0.1, -0.05) is 0 Å². The maximum absolute atomic E-state index is 13.3. The van der Waals surface area contributed by atoms with E-state index in [1.165, 1.54) is 0 Å². The first-order valence-electron chi connectivity index (χ1n) is 13.6. The van der Waals surface area contributed by atoms with E-state index in [1.54, 1.807) is 68.1 Å². The molecule has 11 heteroatoms. The van der Waals surface area contributed by atoms with E-state index in [9.17, 15) is 28.8 Å². The lowest BCUT2D eigenvalue weighted by Gasteiger charge is -2.41. The Labute approximate surface area is 237 Å². The van der Waals surface area contributed by atoms with Gasteiger partial charge in [-0.15, -0.1) is 0 Å². The third-order valence-corrected chi connectivity index (χ3v) is 7.44. The van der Waals surface area contributed by atoms with E-state index in [4.69, 9.17) is 4.74 Å². The average Bonchev–Trinajstić information content (AvgIpc) is 3.16. The van der Waals surface area contributed by atoms with Gasteiger partial charge in [0.2, 0.25) is 11.8 Å². The highest BCUT2D eigenvalue weighted by Crippen LogP contribution is 2.31. The lowest BCUT2D eigenvalue weighted by molar-refractivity contribution is -0.136. The second-order valence-electron chi connectivity index (χ2n) is 11.5. The van der Waals surface area contributed by atoms with E-state index in [2.05, 4.69) is 5.32 Å². The van der Waals surface area contributed by atoms with Crippen LogP contribution in [0.2, 0.25) is 0 Å². The van der Waals surface area contributed by atoms with Crippen molar-refractivity contribution in [3.8, 4) is 0 Å². The number of nitrogens with one attached hydrogen (secondary N) is 1. The molecular formula is C30H32N4O7. The number of imide groups is 2. The molecule has 2 saturated heterocycles. The zero-order valence-electron chi connectivity index (χ0n) is 23.4. The van der Waals surface area contributed by atoms with Gasteiger partial charge in [-0.3, -0.25) is 34.2 Å². The van der Waals surface area contributed by atoms with Crippen molar-refractivity contribution in [2.24, 2.45) is 0 Å². The lowest BCUT2D eigenvalue weighted by atomic mass is 10.0. The Morgan fingerprint density at radius 2 is 1.56 bits per heavy atom. The fourth-order valence-electron chi connectivity index (χ4n) is 5.40. The highest BCUT2D eigenvalue weighted by atomic mass is 16.6. The standard InChI is InChI=1S/C30H32N4O7/c1-17-16-32(13-14-33(17)26(37)18-5-7-19(8-6-18)29(40)41-30(2,3)4)20-9-10-21-22(15-20)28(39)34(27(21)38)23-11-12-24(35)31-25(23)36/h5-10,15,17,23H,11-14,16H2,1-4H3,(H,31,35,36). The number of benzene rings is 2. The van der Waals surface area contributed by atoms with Crippen LogP contribution in [-0.2, 0) is 14.3 Å². The molecule has 0 bridgehead atoms. The van der Waals surface area contributed by atoms with Crippen LogP contribution in [-0.4, -0.2) is 82.6 Å². The summed E-state index contributed by atoms with van der Waals surface area (Å²) in [4.78, 5) is 80.4. The molecule has 2 atom stereocenters. The maximum Gasteiger partial charge on any atom is 0.338 e. The molecule has 3 aliphatic rings. The molecule has 3 aliphatic heterocycles. The minimum absolute atomic E-state index is 0.0594. The third-order valence-electron chi connectivity index (χ3n) is 7.44. The summed E-state index contributed by atoms with van der Waals surface area (Å²) in [6.07, 6.45) is 0.157. The number of nitrogens with zero attached hydrogens (tertiary/aromatic N) is 3. The minimum atomic E-state index is -1.02. The van der Waals surface area contributed by atoms with Crippen LogP contribution in [0.4, 0.5) is 5.69 Å². The molecule has 2 fully saturated rings. The molecule has 0 aromatic heterocycles. The summed E-state index contributed by atoms with van der Waals surface area (Å²) in [6.45, 7) is 8.75. The summed E-state index contributed by atoms with van der Waals surface area (Å²) < 4.78 is 5.38. The molecule has 0 saturated carbocycles. The van der Waals surface area contributed by atoms with Gasteiger partial charge in [0.1, 0.15) is 11.6 Å². The van der Waals surface area contributed by atoms with Crippen LogP contribution in [0.5, 0.6) is 0 Å². The number of amides is 5. The zero-order valence-corrected chi connectivity index (χ0v) is 23.4. The number of carbonyl (C=O) groups is 6. The highest BCUT2D eigenvalue weighted by Gasteiger charge is 2.45. The van der Waals surface area contributed by atoms with Crippen LogP contribution < -0.4 is 10.2 Å². The SMILES string of the molecule is CC1CN(c2ccc3c(c2)C(=O)N(C2CCC(=O)NC2=O)C3=O)CCN1C(=O)c1ccc(C(=O)OC(C)(C)C)cc1. The van der Waals surface area contributed by atoms with Crippen LogP contribution >= 0.6 is 0 Å². The number of carbonyl (C=O) groups excluding carboxylic acids is 6. The fraction of sp³-hybridized carbons (Fsp3) is 0.400. The number of rotatable bonds is 4. The predicted molar refractivity (Wildman–Crippen MR) is 147 cm³/mol. The number of anilines is 1. The molecule has 0 radical (unpaired) electrons. The molecule has 1 N–H and O–H groups in total. The first-order chi connectivity index (χ1) is 19.3. The van der Waals surface area contributed by atoms with Gasteiger partial charge >= 0.3 is 5.97 Å². The molecule has 0 spiro atoms. The lowest BCUT2D eigenvalue weighted by Crippen LogP contribution is -2.54. The van der Waals surface area contributed by atoms with Crippen molar-refractivity contribution < 1.29 is 33.5 Å². The first-order valence-corrected chi connectivity index (χ1v) is 13.6. The Morgan fingerprint density at radius 3 is 2.20 bits per heavy atom. The van der Waals surface area contributed by atoms with Gasteiger partial charge < -0.3 is 14.5 Å². The number of ether oxygens (including phenoxy) is 1. The van der Waals surface area contributed by atoms with Gasteiger partial charge in [-0.25, -0.2) is 4.79 Å². The maximum atomic E-state index is 13.3. The molecule has 41 heavy (non-hydrogen) atoms. The summed E-state index contributed by atoms with van der Waals surface area (Å²) in [5.41, 5.74) is 1.39. The predicted octanol–water partition coefficient (Wildman–Crippen LogP) is 2.39. The van der Waals surface area contributed by atoms with Crippen molar-refractivity contribution in [3.05, 3.63) is 64.7 Å². The molecule has 2 aromatic carbocycles. The zero-order chi connectivity index (χ0) is 29.6. The van der Waals surface area contributed by atoms with E-state index in [0.29, 0.717) is 30.8 Å². The van der Waals surface area contributed by atoms with E-state index in [0.717, 1.165) is 10.6 Å². The highest BCUT2D eigenvalue weighted by molar-refractivity contribution is 6.23. The summed E-state index contributed by atoms with van der Waals surface area (Å²) >= 11 is 0. The quantitative estimate of drug-likeness (QED) is 0.445. The number of hydrogen-bond acceptors (Lipinski definition) is 8. The van der Waals surface area contributed by atoms with Crippen LogP contribution in [0.1, 0.15) is 82.0 Å². The van der Waals surface area contributed by atoms with Gasteiger partial charge in [0.15, 0.2) is 0 Å². The van der Waals surface area contributed by atoms with Crippen molar-refractivity contribution in [1.29, 1.82) is 0 Å². The van der Waals surface area contributed by atoms with Crippen molar-refractivity contribution in [2.75, 3.05) is 24.5 Å². The molecule has 214 valence electrons. The van der Waals surface area contributed by atoms with Gasteiger partial charge in [0.25, 0.3) is 17.7 Å². The fourth-order valence-corrected chi connectivity index (χ4v) is 5.40. The van der Waals surface area contributed by atoms with E-state index < -0.39 is 41.2 Å². The Kier molecular flexibility index (Phi) is 7.14.